The van der Waals surface area contributed by atoms with Gasteiger partial charge in [-0.25, -0.2) is 9.13 Å². The van der Waals surface area contributed by atoms with Crippen molar-refractivity contribution in [3.63, 3.8) is 0 Å². The number of carbonyl (C=O) groups is 4. The number of phosphoric ester groups is 2. The van der Waals surface area contributed by atoms with Crippen molar-refractivity contribution in [2.24, 2.45) is 17.8 Å². The molecule has 6 atom stereocenters. The Morgan fingerprint density at radius 1 is 0.290 bits per heavy atom. The van der Waals surface area contributed by atoms with E-state index in [2.05, 4.69) is 48.5 Å². The first-order valence-corrected chi connectivity index (χ1v) is 44.9. The molecule has 0 radical (unpaired) electrons. The van der Waals surface area contributed by atoms with E-state index in [4.69, 9.17) is 37.0 Å². The minimum Gasteiger partial charge on any atom is -0.462 e. The van der Waals surface area contributed by atoms with Crippen molar-refractivity contribution in [1.29, 1.82) is 0 Å². The number of aliphatic hydroxyl groups excluding tert-OH is 1. The Bertz CT molecular complexity index is 1940. The van der Waals surface area contributed by atoms with Crippen molar-refractivity contribution >= 4 is 39.5 Å². The van der Waals surface area contributed by atoms with Crippen LogP contribution in [0.1, 0.15) is 421 Å². The van der Waals surface area contributed by atoms with Crippen molar-refractivity contribution in [1.82, 2.24) is 0 Å². The predicted molar refractivity (Wildman–Crippen MR) is 409 cm³/mol. The molecule has 0 aromatic heterocycles. The lowest BCUT2D eigenvalue weighted by Gasteiger charge is -2.21. The fourth-order valence-electron chi connectivity index (χ4n) is 12.5. The second kappa shape index (κ2) is 71.3. The summed E-state index contributed by atoms with van der Waals surface area (Å²) in [7, 11) is -9.92. The van der Waals surface area contributed by atoms with Gasteiger partial charge >= 0.3 is 39.5 Å². The number of hydrogen-bond donors (Lipinski definition) is 3. The molecule has 0 spiro atoms. The summed E-state index contributed by atoms with van der Waals surface area (Å²) in [6, 6.07) is 0. The van der Waals surface area contributed by atoms with Gasteiger partial charge in [0, 0.05) is 25.7 Å². The lowest BCUT2D eigenvalue weighted by atomic mass is 10.00. The van der Waals surface area contributed by atoms with E-state index < -0.39 is 97.5 Å². The van der Waals surface area contributed by atoms with Gasteiger partial charge < -0.3 is 33.8 Å². The highest BCUT2D eigenvalue weighted by Gasteiger charge is 2.30. The molecular formula is C81H158O17P2. The number of carbonyl (C=O) groups excluding carboxylic acids is 4. The average molecular weight is 1470 g/mol. The Morgan fingerprint density at radius 2 is 0.510 bits per heavy atom. The van der Waals surface area contributed by atoms with Crippen LogP contribution in [0.4, 0.5) is 0 Å². The molecule has 0 rings (SSSR count). The van der Waals surface area contributed by atoms with Gasteiger partial charge in [-0.15, -0.1) is 0 Å². The van der Waals surface area contributed by atoms with Crippen LogP contribution in [0.15, 0.2) is 0 Å². The van der Waals surface area contributed by atoms with E-state index in [1.54, 1.807) is 0 Å². The first kappa shape index (κ1) is 98.1. The summed E-state index contributed by atoms with van der Waals surface area (Å²) < 4.78 is 68.7. The van der Waals surface area contributed by atoms with Crippen molar-refractivity contribution in [3.05, 3.63) is 0 Å². The quantitative estimate of drug-likeness (QED) is 0.0222. The molecule has 0 aliphatic carbocycles. The Labute approximate surface area is 613 Å². The molecule has 0 aliphatic rings. The number of phosphoric acid groups is 2. The number of hydrogen-bond acceptors (Lipinski definition) is 15. The van der Waals surface area contributed by atoms with Gasteiger partial charge in [-0.05, 0) is 43.4 Å². The monoisotopic (exact) mass is 1470 g/mol. The van der Waals surface area contributed by atoms with Crippen molar-refractivity contribution in [3.8, 4) is 0 Å². The number of aliphatic hydroxyl groups is 1. The number of rotatable bonds is 79. The van der Waals surface area contributed by atoms with Crippen LogP contribution in [-0.2, 0) is 65.4 Å². The van der Waals surface area contributed by atoms with Crippen LogP contribution in [-0.4, -0.2) is 96.7 Å². The summed E-state index contributed by atoms with van der Waals surface area (Å²) >= 11 is 0. The van der Waals surface area contributed by atoms with E-state index in [0.717, 1.165) is 114 Å². The lowest BCUT2D eigenvalue weighted by Crippen LogP contribution is -2.30. The predicted octanol–water partition coefficient (Wildman–Crippen LogP) is 24.1. The van der Waals surface area contributed by atoms with Crippen LogP contribution in [0.3, 0.4) is 0 Å². The van der Waals surface area contributed by atoms with Gasteiger partial charge in [0.05, 0.1) is 26.4 Å². The standard InChI is InChI=1S/C81H158O17P2/c1-8-10-11-12-13-14-15-16-17-18-19-23-26-29-35-40-48-55-62-78(83)91-68-76(97-80(85)64-57-50-41-36-30-27-24-21-20-22-25-28-33-38-45-52-59-72(3)4)70-95-99(87,88)93-66-75(82)67-94-100(89,90)96-71-77(69-92-79(84)63-56-49-44-43-47-54-61-74(7)9-2)98-81(86)65-58-51-42-37-32-31-34-39-46-53-60-73(5)6/h72-77,82H,8-71H2,1-7H3,(H,87,88)(H,89,90)/t74?,75-,76-,77-/m1/s1. The second-order valence-electron chi connectivity index (χ2n) is 30.4. The molecule has 0 fully saturated rings. The Balaban J connectivity index is 5.24. The first-order chi connectivity index (χ1) is 48.3. The smallest absolute Gasteiger partial charge is 0.462 e. The molecule has 3 unspecified atom stereocenters. The fraction of sp³-hybridized carbons (Fsp3) is 0.951. The minimum absolute atomic E-state index is 0.105. The molecule has 0 saturated carbocycles. The molecule has 0 amide bonds. The highest BCUT2D eigenvalue weighted by molar-refractivity contribution is 7.47. The van der Waals surface area contributed by atoms with Crippen LogP contribution in [0.2, 0.25) is 0 Å². The molecule has 0 aliphatic heterocycles. The maximum Gasteiger partial charge on any atom is 0.472 e. The van der Waals surface area contributed by atoms with E-state index in [1.165, 1.54) is 225 Å². The molecule has 0 aromatic carbocycles. The van der Waals surface area contributed by atoms with Crippen LogP contribution in [0.25, 0.3) is 0 Å². The summed E-state index contributed by atoms with van der Waals surface area (Å²) in [6.45, 7) is 11.9. The molecule has 3 N–H and O–H groups in total. The van der Waals surface area contributed by atoms with Gasteiger partial charge in [-0.1, -0.05) is 370 Å². The molecular weight excluding hydrogens is 1310 g/mol. The molecule has 0 saturated heterocycles. The Morgan fingerprint density at radius 3 is 0.760 bits per heavy atom. The van der Waals surface area contributed by atoms with Gasteiger partial charge in [0.15, 0.2) is 12.2 Å². The zero-order valence-electron chi connectivity index (χ0n) is 65.7. The van der Waals surface area contributed by atoms with E-state index in [1.807, 2.05) is 0 Å². The topological polar surface area (TPSA) is 237 Å². The molecule has 0 bridgehead atoms. The third kappa shape index (κ3) is 73.0. The van der Waals surface area contributed by atoms with Gasteiger partial charge in [0.1, 0.15) is 19.3 Å². The highest BCUT2D eigenvalue weighted by atomic mass is 31.2. The van der Waals surface area contributed by atoms with Crippen molar-refractivity contribution in [2.75, 3.05) is 39.6 Å². The van der Waals surface area contributed by atoms with Crippen molar-refractivity contribution < 1.29 is 80.2 Å². The maximum atomic E-state index is 13.1. The normalized spacial score (nSPS) is 14.2. The third-order valence-electron chi connectivity index (χ3n) is 19.2. The van der Waals surface area contributed by atoms with E-state index in [9.17, 15) is 43.2 Å². The van der Waals surface area contributed by atoms with E-state index >= 15 is 0 Å². The summed E-state index contributed by atoms with van der Waals surface area (Å²) in [5.41, 5.74) is 0. The van der Waals surface area contributed by atoms with Crippen LogP contribution in [0, 0.1) is 17.8 Å². The van der Waals surface area contributed by atoms with Crippen LogP contribution >= 0.6 is 15.6 Å². The van der Waals surface area contributed by atoms with Crippen LogP contribution in [0.5, 0.6) is 0 Å². The zero-order chi connectivity index (χ0) is 73.7. The molecule has 19 heteroatoms. The number of unbranched alkanes of at least 4 members (excludes halogenated alkanes) is 46. The summed E-state index contributed by atoms with van der Waals surface area (Å²) in [5.74, 6) is 0.179. The minimum atomic E-state index is -4.96. The van der Waals surface area contributed by atoms with Crippen LogP contribution < -0.4 is 0 Å². The molecule has 17 nitrogen and oxygen atoms in total. The Kier molecular flexibility index (Phi) is 69.9. The maximum absolute atomic E-state index is 13.1. The summed E-state index contributed by atoms with van der Waals surface area (Å²) in [4.78, 5) is 73.0. The number of ether oxygens (including phenoxy) is 4. The SMILES string of the molecule is CCCCCCCCCCCCCCCCCCCCC(=O)OC[C@H](COP(=O)(O)OC[C@@H](O)COP(=O)(O)OC[C@@H](COC(=O)CCCCCCCCC(C)CC)OC(=O)CCCCCCCCCCCCC(C)C)OC(=O)CCCCCCCCCCCCCCCCCCC(C)C. The summed E-state index contributed by atoms with van der Waals surface area (Å²) in [6.07, 6.45) is 59.7. The highest BCUT2D eigenvalue weighted by Crippen LogP contribution is 2.45. The first-order valence-electron chi connectivity index (χ1n) is 41.9. The zero-order valence-corrected chi connectivity index (χ0v) is 67.5. The Hall–Kier alpha value is -1.94. The number of esters is 4. The van der Waals surface area contributed by atoms with Gasteiger partial charge in [0.25, 0.3) is 0 Å². The van der Waals surface area contributed by atoms with Gasteiger partial charge in [-0.3, -0.25) is 37.3 Å². The fourth-order valence-corrected chi connectivity index (χ4v) is 14.0. The van der Waals surface area contributed by atoms with E-state index in [0.29, 0.717) is 25.7 Å². The molecule has 0 aromatic rings. The lowest BCUT2D eigenvalue weighted by molar-refractivity contribution is -0.161. The third-order valence-corrected chi connectivity index (χ3v) is 21.1. The molecule has 100 heavy (non-hydrogen) atoms. The van der Waals surface area contributed by atoms with Crippen molar-refractivity contribution in [2.45, 2.75) is 439 Å². The molecule has 0 heterocycles. The largest absolute Gasteiger partial charge is 0.472 e. The second-order valence-corrected chi connectivity index (χ2v) is 33.3. The average Bonchev–Trinajstić information content (AvgIpc) is 0.979. The summed E-state index contributed by atoms with van der Waals surface area (Å²) in [5, 5.41) is 10.6. The van der Waals surface area contributed by atoms with Gasteiger partial charge in [0.2, 0.25) is 0 Å². The molecule has 594 valence electrons. The van der Waals surface area contributed by atoms with E-state index in [-0.39, 0.29) is 25.7 Å². The van der Waals surface area contributed by atoms with Gasteiger partial charge in [-0.2, -0.15) is 0 Å².